The Morgan fingerprint density at radius 1 is 1.54 bits per heavy atom. The van der Waals surface area contributed by atoms with Crippen molar-refractivity contribution in [2.75, 3.05) is 0 Å². The first-order chi connectivity index (χ1) is 6.13. The fraction of sp³-hybridized carbons (Fsp3) is 0.727. The highest BCUT2D eigenvalue weighted by Gasteiger charge is 2.22. The second-order valence-electron chi connectivity index (χ2n) is 3.60. The van der Waals surface area contributed by atoms with E-state index in [1.807, 2.05) is 13.8 Å². The normalized spacial score (nSPS) is 12.6. The highest BCUT2D eigenvalue weighted by Crippen LogP contribution is 2.19. The van der Waals surface area contributed by atoms with Gasteiger partial charge in [-0.15, -0.1) is 0 Å². The third-order valence-electron chi connectivity index (χ3n) is 2.18. The summed E-state index contributed by atoms with van der Waals surface area (Å²) in [5, 5.41) is 0. The fourth-order valence-electron chi connectivity index (χ4n) is 1.32. The minimum absolute atomic E-state index is 0.0259. The van der Waals surface area contributed by atoms with Crippen molar-refractivity contribution in [3.8, 4) is 0 Å². The Labute approximate surface area is 81.0 Å². The maximum absolute atomic E-state index is 11.4. The van der Waals surface area contributed by atoms with Crippen LogP contribution in [-0.2, 0) is 9.53 Å². The van der Waals surface area contributed by atoms with E-state index in [-0.39, 0.29) is 11.9 Å². The molecule has 0 aliphatic rings. The molecule has 0 fully saturated rings. The van der Waals surface area contributed by atoms with Crippen LogP contribution >= 0.6 is 0 Å². The molecule has 0 radical (unpaired) electrons. The van der Waals surface area contributed by atoms with Gasteiger partial charge in [-0.25, -0.2) is 0 Å². The van der Waals surface area contributed by atoms with Crippen LogP contribution in [0.15, 0.2) is 12.8 Å². The molecule has 0 aromatic rings. The Hall–Kier alpha value is -0.790. The molecule has 2 nitrogen and oxygen atoms in total. The first-order valence-electron chi connectivity index (χ1n) is 4.94. The molecule has 0 heterocycles. The lowest BCUT2D eigenvalue weighted by Crippen LogP contribution is -2.21. The van der Waals surface area contributed by atoms with Crippen molar-refractivity contribution < 1.29 is 9.53 Å². The third-order valence-corrected chi connectivity index (χ3v) is 2.18. The van der Waals surface area contributed by atoms with Gasteiger partial charge in [0.25, 0.3) is 0 Å². The molecule has 0 aliphatic heterocycles. The molecule has 0 N–H and O–H groups in total. The van der Waals surface area contributed by atoms with Gasteiger partial charge in [0.15, 0.2) is 0 Å². The van der Waals surface area contributed by atoms with Gasteiger partial charge in [0.05, 0.1) is 12.2 Å². The summed E-state index contributed by atoms with van der Waals surface area (Å²) in [5.41, 5.74) is 0. The molecule has 0 saturated heterocycles. The van der Waals surface area contributed by atoms with E-state index in [1.54, 1.807) is 0 Å². The molecule has 13 heavy (non-hydrogen) atoms. The van der Waals surface area contributed by atoms with Gasteiger partial charge in [-0.05, 0) is 12.3 Å². The molecule has 1 unspecified atom stereocenters. The lowest BCUT2D eigenvalue weighted by molar-refractivity contribution is -0.144. The average molecular weight is 184 g/mol. The molecule has 1 atom stereocenters. The predicted molar refractivity (Wildman–Crippen MR) is 54.1 cm³/mol. The van der Waals surface area contributed by atoms with Crippen LogP contribution in [0.4, 0.5) is 0 Å². The summed E-state index contributed by atoms with van der Waals surface area (Å²) in [6, 6.07) is 0. The molecular weight excluding hydrogens is 164 g/mol. The molecule has 0 bridgehead atoms. The van der Waals surface area contributed by atoms with E-state index in [1.165, 1.54) is 6.26 Å². The maximum atomic E-state index is 11.4. The average Bonchev–Trinajstić information content (AvgIpc) is 2.05. The number of ether oxygens (including phenoxy) is 1. The molecule has 0 aromatic carbocycles. The summed E-state index contributed by atoms with van der Waals surface area (Å²) in [6.07, 6.45) is 4.32. The number of carbonyl (C=O) groups excluding carboxylic acids is 1. The quantitative estimate of drug-likeness (QED) is 0.468. The van der Waals surface area contributed by atoms with Crippen molar-refractivity contribution in [1.82, 2.24) is 0 Å². The molecule has 0 rings (SSSR count). The molecule has 0 amide bonds. The van der Waals surface area contributed by atoms with Gasteiger partial charge in [0.2, 0.25) is 0 Å². The minimum Gasteiger partial charge on any atom is -0.435 e. The zero-order valence-corrected chi connectivity index (χ0v) is 8.88. The molecular formula is C11H20O2. The number of unbranched alkanes of at least 4 members (excludes halogenated alkanes) is 1. The molecule has 2 heteroatoms. The Morgan fingerprint density at radius 2 is 2.15 bits per heavy atom. The molecule has 76 valence electrons. The van der Waals surface area contributed by atoms with Crippen LogP contribution in [0.5, 0.6) is 0 Å². The number of hydrogen-bond donors (Lipinski definition) is 0. The second kappa shape index (κ2) is 6.70. The minimum atomic E-state index is -0.140. The Bertz CT molecular complexity index is 161. The standard InChI is InChI=1S/C11H20O2/c1-5-7-8-10(9(3)4)11(12)13-6-2/h6,9-10H,2,5,7-8H2,1,3-4H3. The van der Waals surface area contributed by atoms with E-state index in [0.29, 0.717) is 5.92 Å². The SMILES string of the molecule is C=COC(=O)C(CCCC)C(C)C. The van der Waals surface area contributed by atoms with Crippen LogP contribution in [-0.4, -0.2) is 5.97 Å². The van der Waals surface area contributed by atoms with Gasteiger partial charge >= 0.3 is 5.97 Å². The van der Waals surface area contributed by atoms with E-state index in [4.69, 9.17) is 4.74 Å². The predicted octanol–water partition coefficient (Wildman–Crippen LogP) is 3.14. The summed E-state index contributed by atoms with van der Waals surface area (Å²) < 4.78 is 4.79. The monoisotopic (exact) mass is 184 g/mol. The van der Waals surface area contributed by atoms with E-state index in [2.05, 4.69) is 13.5 Å². The molecule has 0 aliphatic carbocycles. The van der Waals surface area contributed by atoms with E-state index >= 15 is 0 Å². The lowest BCUT2D eigenvalue weighted by Gasteiger charge is -2.17. The first kappa shape index (κ1) is 12.2. The van der Waals surface area contributed by atoms with Gasteiger partial charge < -0.3 is 4.74 Å². The van der Waals surface area contributed by atoms with Gasteiger partial charge in [-0.2, -0.15) is 0 Å². The van der Waals surface area contributed by atoms with Crippen molar-refractivity contribution in [2.45, 2.75) is 40.0 Å². The van der Waals surface area contributed by atoms with E-state index in [0.717, 1.165) is 19.3 Å². The topological polar surface area (TPSA) is 26.3 Å². The summed E-state index contributed by atoms with van der Waals surface area (Å²) in [4.78, 5) is 11.4. The summed E-state index contributed by atoms with van der Waals surface area (Å²) in [6.45, 7) is 9.59. The molecule has 0 saturated carbocycles. The van der Waals surface area contributed by atoms with Gasteiger partial charge in [-0.1, -0.05) is 40.2 Å². The van der Waals surface area contributed by atoms with Crippen molar-refractivity contribution in [2.24, 2.45) is 11.8 Å². The summed E-state index contributed by atoms with van der Waals surface area (Å²) in [5.74, 6) is 0.232. The lowest BCUT2D eigenvalue weighted by atomic mass is 9.91. The van der Waals surface area contributed by atoms with Crippen molar-refractivity contribution in [3.63, 3.8) is 0 Å². The number of esters is 1. The van der Waals surface area contributed by atoms with Crippen molar-refractivity contribution in [3.05, 3.63) is 12.8 Å². The van der Waals surface area contributed by atoms with Gasteiger partial charge in [-0.3, -0.25) is 4.79 Å². The summed E-state index contributed by atoms with van der Waals surface area (Å²) >= 11 is 0. The van der Waals surface area contributed by atoms with E-state index < -0.39 is 0 Å². The molecule has 0 spiro atoms. The maximum Gasteiger partial charge on any atom is 0.313 e. The molecule has 0 aromatic heterocycles. The van der Waals surface area contributed by atoms with Crippen LogP contribution in [0.2, 0.25) is 0 Å². The van der Waals surface area contributed by atoms with Gasteiger partial charge in [0, 0.05) is 0 Å². The zero-order chi connectivity index (χ0) is 10.3. The fourth-order valence-corrected chi connectivity index (χ4v) is 1.32. The van der Waals surface area contributed by atoms with Crippen molar-refractivity contribution >= 4 is 5.97 Å². The Morgan fingerprint density at radius 3 is 2.54 bits per heavy atom. The highest BCUT2D eigenvalue weighted by atomic mass is 16.5. The van der Waals surface area contributed by atoms with Crippen LogP contribution in [0.3, 0.4) is 0 Å². The zero-order valence-electron chi connectivity index (χ0n) is 8.88. The van der Waals surface area contributed by atoms with E-state index in [9.17, 15) is 4.79 Å². The number of rotatable bonds is 6. The number of carbonyl (C=O) groups is 1. The number of hydrogen-bond acceptors (Lipinski definition) is 2. The smallest absolute Gasteiger partial charge is 0.313 e. The van der Waals surface area contributed by atoms with Crippen LogP contribution in [0, 0.1) is 11.8 Å². The van der Waals surface area contributed by atoms with Crippen LogP contribution in [0.25, 0.3) is 0 Å². The summed E-state index contributed by atoms with van der Waals surface area (Å²) in [7, 11) is 0. The van der Waals surface area contributed by atoms with Gasteiger partial charge in [0.1, 0.15) is 0 Å². The van der Waals surface area contributed by atoms with Crippen molar-refractivity contribution in [1.29, 1.82) is 0 Å². The van der Waals surface area contributed by atoms with Crippen LogP contribution < -0.4 is 0 Å². The second-order valence-corrected chi connectivity index (χ2v) is 3.60. The highest BCUT2D eigenvalue weighted by molar-refractivity contribution is 5.73. The Balaban J connectivity index is 4.06. The van der Waals surface area contributed by atoms with Crippen LogP contribution in [0.1, 0.15) is 40.0 Å². The Kier molecular flexibility index (Phi) is 6.29. The largest absolute Gasteiger partial charge is 0.435 e. The first-order valence-corrected chi connectivity index (χ1v) is 4.94. The third kappa shape index (κ3) is 4.71.